The maximum absolute atomic E-state index is 11.7. The van der Waals surface area contributed by atoms with Crippen molar-refractivity contribution in [2.24, 2.45) is 5.92 Å². The molecular weight excluding hydrogens is 220 g/mol. The Balaban J connectivity index is 2.52. The van der Waals surface area contributed by atoms with Crippen molar-refractivity contribution < 1.29 is 14.3 Å². The number of esters is 1. The molecule has 0 N–H and O–H groups in total. The highest BCUT2D eigenvalue weighted by atomic mass is 16.5. The molecule has 1 aliphatic heterocycles. The molecule has 2 atom stereocenters. The van der Waals surface area contributed by atoms with Gasteiger partial charge in [-0.2, -0.15) is 5.26 Å². The number of nitriles is 1. The molecule has 1 saturated heterocycles. The van der Waals surface area contributed by atoms with Crippen molar-refractivity contribution in [3.8, 4) is 6.07 Å². The SMILES string of the molecule is CCC(=O)N1CCCC(C(=O)OC(C)C#N)C1. The zero-order valence-corrected chi connectivity index (χ0v) is 10.3. The second kappa shape index (κ2) is 6.24. The van der Waals surface area contributed by atoms with Crippen LogP contribution < -0.4 is 0 Å². The Morgan fingerprint density at radius 3 is 2.88 bits per heavy atom. The summed E-state index contributed by atoms with van der Waals surface area (Å²) in [6.45, 7) is 4.48. The van der Waals surface area contributed by atoms with E-state index in [1.807, 2.05) is 13.0 Å². The van der Waals surface area contributed by atoms with Gasteiger partial charge in [0.25, 0.3) is 0 Å². The fourth-order valence-electron chi connectivity index (χ4n) is 1.92. The fourth-order valence-corrected chi connectivity index (χ4v) is 1.92. The maximum Gasteiger partial charge on any atom is 0.312 e. The Bertz CT molecular complexity index is 335. The summed E-state index contributed by atoms with van der Waals surface area (Å²) in [5, 5.41) is 8.57. The first-order valence-electron chi connectivity index (χ1n) is 5.96. The molecule has 0 aromatic rings. The number of piperidine rings is 1. The Morgan fingerprint density at radius 2 is 2.29 bits per heavy atom. The van der Waals surface area contributed by atoms with E-state index in [1.165, 1.54) is 6.92 Å². The Labute approximate surface area is 101 Å². The lowest BCUT2D eigenvalue weighted by Crippen LogP contribution is -2.42. The number of hydrogen-bond donors (Lipinski definition) is 0. The summed E-state index contributed by atoms with van der Waals surface area (Å²) in [6, 6.07) is 1.86. The molecular formula is C12H18N2O3. The highest BCUT2D eigenvalue weighted by Gasteiger charge is 2.29. The second-order valence-corrected chi connectivity index (χ2v) is 4.24. The van der Waals surface area contributed by atoms with Crippen LogP contribution >= 0.6 is 0 Å². The number of carbonyl (C=O) groups is 2. The van der Waals surface area contributed by atoms with Crippen LogP contribution in [0.5, 0.6) is 0 Å². The quantitative estimate of drug-likeness (QED) is 0.690. The minimum absolute atomic E-state index is 0.0656. The van der Waals surface area contributed by atoms with Crippen LogP contribution in [0.1, 0.15) is 33.1 Å². The lowest BCUT2D eigenvalue weighted by atomic mass is 9.98. The van der Waals surface area contributed by atoms with Crippen LogP contribution in [-0.2, 0) is 14.3 Å². The molecule has 0 bridgehead atoms. The van der Waals surface area contributed by atoms with Gasteiger partial charge in [0.2, 0.25) is 5.91 Å². The monoisotopic (exact) mass is 238 g/mol. The van der Waals surface area contributed by atoms with Crippen LogP contribution in [0.15, 0.2) is 0 Å². The smallest absolute Gasteiger partial charge is 0.312 e. The van der Waals surface area contributed by atoms with Crippen LogP contribution in [0.3, 0.4) is 0 Å². The Morgan fingerprint density at radius 1 is 1.59 bits per heavy atom. The summed E-state index contributed by atoms with van der Waals surface area (Å²) in [7, 11) is 0. The van der Waals surface area contributed by atoms with Crippen LogP contribution in [0.2, 0.25) is 0 Å². The number of likely N-dealkylation sites (tertiary alicyclic amines) is 1. The first kappa shape index (κ1) is 13.5. The summed E-state index contributed by atoms with van der Waals surface area (Å²) >= 11 is 0. The topological polar surface area (TPSA) is 70.4 Å². The zero-order chi connectivity index (χ0) is 12.8. The van der Waals surface area contributed by atoms with E-state index in [2.05, 4.69) is 0 Å². The molecule has 1 fully saturated rings. The Hall–Kier alpha value is -1.57. The van der Waals surface area contributed by atoms with E-state index in [1.54, 1.807) is 4.90 Å². The van der Waals surface area contributed by atoms with Gasteiger partial charge in [-0.05, 0) is 19.8 Å². The van der Waals surface area contributed by atoms with E-state index >= 15 is 0 Å². The van der Waals surface area contributed by atoms with Crippen LogP contribution in [0, 0.1) is 17.2 Å². The van der Waals surface area contributed by atoms with Crippen LogP contribution in [-0.4, -0.2) is 36.0 Å². The van der Waals surface area contributed by atoms with E-state index in [-0.39, 0.29) is 17.8 Å². The average Bonchev–Trinajstić information content (AvgIpc) is 2.37. The number of carbonyl (C=O) groups excluding carboxylic acids is 2. The highest BCUT2D eigenvalue weighted by molar-refractivity contribution is 5.78. The maximum atomic E-state index is 11.7. The first-order valence-corrected chi connectivity index (χ1v) is 5.96. The van der Waals surface area contributed by atoms with Gasteiger partial charge in [0.15, 0.2) is 6.10 Å². The molecule has 1 aliphatic rings. The number of nitrogens with zero attached hydrogens (tertiary/aromatic N) is 2. The Kier molecular flexibility index (Phi) is 4.95. The van der Waals surface area contributed by atoms with Gasteiger partial charge in [-0.25, -0.2) is 0 Å². The second-order valence-electron chi connectivity index (χ2n) is 4.24. The molecule has 2 unspecified atom stereocenters. The summed E-state index contributed by atoms with van der Waals surface area (Å²) in [6.07, 6.45) is 1.27. The molecule has 0 spiro atoms. The predicted molar refractivity (Wildman–Crippen MR) is 60.8 cm³/mol. The molecule has 5 heteroatoms. The molecule has 0 saturated carbocycles. The van der Waals surface area contributed by atoms with Crippen molar-refractivity contribution in [3.05, 3.63) is 0 Å². The summed E-state index contributed by atoms with van der Waals surface area (Å²) in [5.41, 5.74) is 0. The minimum Gasteiger partial charge on any atom is -0.447 e. The van der Waals surface area contributed by atoms with Crippen LogP contribution in [0.25, 0.3) is 0 Å². The molecule has 17 heavy (non-hydrogen) atoms. The average molecular weight is 238 g/mol. The number of ether oxygens (including phenoxy) is 1. The van der Waals surface area contributed by atoms with E-state index in [9.17, 15) is 9.59 Å². The zero-order valence-electron chi connectivity index (χ0n) is 10.3. The fraction of sp³-hybridized carbons (Fsp3) is 0.750. The number of rotatable bonds is 3. The molecule has 1 rings (SSSR count). The molecule has 5 nitrogen and oxygen atoms in total. The number of hydrogen-bond acceptors (Lipinski definition) is 4. The van der Waals surface area contributed by atoms with Crippen molar-refractivity contribution in [1.82, 2.24) is 4.90 Å². The third-order valence-electron chi connectivity index (χ3n) is 2.88. The highest BCUT2D eigenvalue weighted by Crippen LogP contribution is 2.19. The van der Waals surface area contributed by atoms with Gasteiger partial charge in [0, 0.05) is 19.5 Å². The molecule has 0 aromatic heterocycles. The predicted octanol–water partition coefficient (Wildman–Crippen LogP) is 1.09. The van der Waals surface area contributed by atoms with Crippen molar-refractivity contribution >= 4 is 11.9 Å². The van der Waals surface area contributed by atoms with Gasteiger partial charge in [0.1, 0.15) is 6.07 Å². The standard InChI is InChI=1S/C12H18N2O3/c1-3-11(15)14-6-4-5-10(8-14)12(16)17-9(2)7-13/h9-10H,3-6,8H2,1-2H3. The van der Waals surface area contributed by atoms with Gasteiger partial charge < -0.3 is 9.64 Å². The number of amides is 1. The molecule has 0 aliphatic carbocycles. The summed E-state index contributed by atoms with van der Waals surface area (Å²) < 4.78 is 4.96. The van der Waals surface area contributed by atoms with Crippen LogP contribution in [0.4, 0.5) is 0 Å². The molecule has 1 heterocycles. The van der Waals surface area contributed by atoms with Crippen molar-refractivity contribution in [2.75, 3.05) is 13.1 Å². The third kappa shape index (κ3) is 3.74. The van der Waals surface area contributed by atoms with Gasteiger partial charge in [-0.3, -0.25) is 9.59 Å². The van der Waals surface area contributed by atoms with Crippen molar-refractivity contribution in [2.45, 2.75) is 39.2 Å². The van der Waals surface area contributed by atoms with Crippen molar-refractivity contribution in [3.63, 3.8) is 0 Å². The van der Waals surface area contributed by atoms with Crippen molar-refractivity contribution in [1.29, 1.82) is 5.26 Å². The van der Waals surface area contributed by atoms with Gasteiger partial charge in [0.05, 0.1) is 5.92 Å². The van der Waals surface area contributed by atoms with E-state index in [4.69, 9.17) is 10.00 Å². The van der Waals surface area contributed by atoms with E-state index < -0.39 is 6.10 Å². The largest absolute Gasteiger partial charge is 0.447 e. The van der Waals surface area contributed by atoms with Gasteiger partial charge in [-0.15, -0.1) is 0 Å². The first-order chi connectivity index (χ1) is 8.08. The summed E-state index contributed by atoms with van der Waals surface area (Å²) in [4.78, 5) is 24.9. The van der Waals surface area contributed by atoms with E-state index in [0.717, 1.165) is 12.8 Å². The van der Waals surface area contributed by atoms with Gasteiger partial charge in [-0.1, -0.05) is 6.92 Å². The normalized spacial score (nSPS) is 21.5. The molecule has 0 aromatic carbocycles. The van der Waals surface area contributed by atoms with E-state index in [0.29, 0.717) is 19.5 Å². The minimum atomic E-state index is -0.722. The molecule has 1 amide bonds. The third-order valence-corrected chi connectivity index (χ3v) is 2.88. The lowest BCUT2D eigenvalue weighted by Gasteiger charge is -2.31. The van der Waals surface area contributed by atoms with Gasteiger partial charge >= 0.3 is 5.97 Å². The molecule has 94 valence electrons. The summed E-state index contributed by atoms with van der Waals surface area (Å²) in [5.74, 6) is -0.585. The lowest BCUT2D eigenvalue weighted by molar-refractivity contribution is -0.153. The molecule has 0 radical (unpaired) electrons.